The molecular formula is C25H22ClF5N4O4. The lowest BCUT2D eigenvalue weighted by molar-refractivity contribution is -0.138. The third kappa shape index (κ3) is 5.27. The number of alkyl halides is 3. The van der Waals surface area contributed by atoms with Crippen LogP contribution in [0, 0.1) is 11.6 Å². The number of allylic oxidation sites excluding steroid dienone is 1. The molecule has 1 saturated heterocycles. The Morgan fingerprint density at radius 1 is 1.18 bits per heavy atom. The number of anilines is 2. The highest BCUT2D eigenvalue weighted by atomic mass is 35.5. The monoisotopic (exact) mass is 572 g/mol. The topological polar surface area (TPSA) is 83.1 Å². The molecule has 14 heteroatoms. The normalized spacial score (nSPS) is 17.1. The average Bonchev–Trinajstić information content (AvgIpc) is 3.43. The van der Waals surface area contributed by atoms with Crippen LogP contribution in [-0.2, 0) is 22.1 Å². The first-order valence-electron chi connectivity index (χ1n) is 11.5. The third-order valence-corrected chi connectivity index (χ3v) is 6.35. The number of amides is 4. The van der Waals surface area contributed by atoms with Crippen molar-refractivity contribution in [3.63, 3.8) is 0 Å². The van der Waals surface area contributed by atoms with Gasteiger partial charge in [-0.25, -0.2) is 28.3 Å². The van der Waals surface area contributed by atoms with Gasteiger partial charge >= 0.3 is 18.3 Å². The number of carbonyl (C=O) groups excluding carboxylic acids is 3. The number of fused-ring (bicyclic) bond motifs is 1. The summed E-state index contributed by atoms with van der Waals surface area (Å²) < 4.78 is 75.4. The molecule has 0 saturated carbocycles. The first-order valence-corrected chi connectivity index (χ1v) is 11.9. The van der Waals surface area contributed by atoms with E-state index in [0.717, 1.165) is 24.1 Å². The van der Waals surface area contributed by atoms with Crippen molar-refractivity contribution in [1.29, 1.82) is 0 Å². The fourth-order valence-electron chi connectivity index (χ4n) is 4.22. The Labute approximate surface area is 224 Å². The van der Waals surface area contributed by atoms with E-state index in [4.69, 9.17) is 16.3 Å². The molecule has 1 fully saturated rings. The molecule has 1 aliphatic carbocycles. The van der Waals surface area contributed by atoms with Crippen LogP contribution in [0.5, 0.6) is 0 Å². The van der Waals surface area contributed by atoms with Crippen molar-refractivity contribution in [2.45, 2.75) is 45.0 Å². The molecule has 2 aromatic rings. The SMILES string of the molecule is CN(C(=O)[C@@H]1CN(C(=O)OC(C)(C)C)C(=O)N1c1cc(C(F)(F)F)c2c(n1)C=CC2)c1ccc(F)c(Cl)c1F. The van der Waals surface area contributed by atoms with Gasteiger partial charge in [0.1, 0.15) is 28.3 Å². The Balaban J connectivity index is 1.81. The summed E-state index contributed by atoms with van der Waals surface area (Å²) in [6, 6.07) is -0.440. The quantitative estimate of drug-likeness (QED) is 0.342. The van der Waals surface area contributed by atoms with E-state index in [-0.39, 0.29) is 17.7 Å². The highest BCUT2D eigenvalue weighted by molar-refractivity contribution is 6.31. The second-order valence-electron chi connectivity index (χ2n) is 9.85. The molecule has 4 amide bonds. The molecule has 208 valence electrons. The number of hydrogen-bond acceptors (Lipinski definition) is 5. The average molecular weight is 573 g/mol. The molecule has 1 aromatic heterocycles. The van der Waals surface area contributed by atoms with Gasteiger partial charge in [0, 0.05) is 7.05 Å². The van der Waals surface area contributed by atoms with Crippen LogP contribution in [0.1, 0.15) is 37.6 Å². The van der Waals surface area contributed by atoms with Crippen molar-refractivity contribution in [2.75, 3.05) is 23.4 Å². The number of halogens is 6. The summed E-state index contributed by atoms with van der Waals surface area (Å²) in [6.07, 6.45) is -3.19. The second-order valence-corrected chi connectivity index (χ2v) is 10.2. The molecule has 4 rings (SSSR count). The molecule has 39 heavy (non-hydrogen) atoms. The zero-order valence-electron chi connectivity index (χ0n) is 21.1. The summed E-state index contributed by atoms with van der Waals surface area (Å²) in [6.45, 7) is 3.95. The van der Waals surface area contributed by atoms with Crippen molar-refractivity contribution in [3.8, 4) is 0 Å². The van der Waals surface area contributed by atoms with Crippen LogP contribution in [-0.4, -0.2) is 53.2 Å². The summed E-state index contributed by atoms with van der Waals surface area (Å²) in [5, 5.41) is -0.885. The molecule has 1 aliphatic heterocycles. The van der Waals surface area contributed by atoms with Crippen LogP contribution in [0.2, 0.25) is 5.02 Å². The molecule has 0 spiro atoms. The Hall–Kier alpha value is -3.74. The van der Waals surface area contributed by atoms with E-state index in [1.54, 1.807) is 0 Å². The number of hydrogen-bond donors (Lipinski definition) is 0. The number of aromatic nitrogens is 1. The largest absolute Gasteiger partial charge is 0.443 e. The zero-order valence-corrected chi connectivity index (χ0v) is 21.8. The van der Waals surface area contributed by atoms with Crippen LogP contribution in [0.15, 0.2) is 24.3 Å². The molecule has 1 aromatic carbocycles. The van der Waals surface area contributed by atoms with Crippen molar-refractivity contribution in [1.82, 2.24) is 9.88 Å². The van der Waals surface area contributed by atoms with E-state index in [0.29, 0.717) is 15.9 Å². The van der Waals surface area contributed by atoms with Gasteiger partial charge in [-0.15, -0.1) is 0 Å². The van der Waals surface area contributed by atoms with Gasteiger partial charge in [-0.1, -0.05) is 17.7 Å². The lowest BCUT2D eigenvalue weighted by Gasteiger charge is -2.27. The Morgan fingerprint density at radius 2 is 1.85 bits per heavy atom. The predicted molar refractivity (Wildman–Crippen MR) is 131 cm³/mol. The van der Waals surface area contributed by atoms with Crippen LogP contribution >= 0.6 is 11.6 Å². The minimum atomic E-state index is -4.81. The van der Waals surface area contributed by atoms with E-state index < -0.39 is 76.1 Å². The molecule has 8 nitrogen and oxygen atoms in total. The summed E-state index contributed by atoms with van der Waals surface area (Å²) in [7, 11) is 1.10. The van der Waals surface area contributed by atoms with Crippen molar-refractivity contribution >= 4 is 47.2 Å². The second kappa shape index (κ2) is 9.78. The molecule has 0 N–H and O–H groups in total. The maximum Gasteiger partial charge on any atom is 0.418 e. The van der Waals surface area contributed by atoms with E-state index in [2.05, 4.69) is 4.98 Å². The summed E-state index contributed by atoms with van der Waals surface area (Å²) in [5.41, 5.74) is -2.73. The first-order chi connectivity index (χ1) is 18.0. The van der Waals surface area contributed by atoms with Crippen LogP contribution in [0.4, 0.5) is 43.0 Å². The van der Waals surface area contributed by atoms with E-state index in [1.165, 1.54) is 32.9 Å². The summed E-state index contributed by atoms with van der Waals surface area (Å²) >= 11 is 5.63. The van der Waals surface area contributed by atoms with Gasteiger partial charge < -0.3 is 9.64 Å². The van der Waals surface area contributed by atoms with Gasteiger partial charge in [0.25, 0.3) is 5.91 Å². The maximum absolute atomic E-state index is 14.7. The number of carbonyl (C=O) groups is 3. The molecule has 2 heterocycles. The summed E-state index contributed by atoms with van der Waals surface area (Å²) in [5.74, 6) is -3.91. The number of imide groups is 1. The smallest absolute Gasteiger partial charge is 0.418 e. The van der Waals surface area contributed by atoms with E-state index in [1.807, 2.05) is 0 Å². The Kier molecular flexibility index (Phi) is 7.09. The minimum Gasteiger partial charge on any atom is -0.443 e. The lowest BCUT2D eigenvalue weighted by Crippen LogP contribution is -2.47. The number of ether oxygens (including phenoxy) is 1. The van der Waals surface area contributed by atoms with Gasteiger partial charge in [-0.3, -0.25) is 9.69 Å². The van der Waals surface area contributed by atoms with Gasteiger partial charge in [-0.05, 0) is 57.0 Å². The van der Waals surface area contributed by atoms with Crippen molar-refractivity contribution < 1.29 is 41.1 Å². The minimum absolute atomic E-state index is 0.0366. The number of pyridine rings is 1. The van der Waals surface area contributed by atoms with Gasteiger partial charge in [0.15, 0.2) is 5.82 Å². The maximum atomic E-state index is 14.7. The summed E-state index contributed by atoms with van der Waals surface area (Å²) in [4.78, 5) is 45.9. The first kappa shape index (κ1) is 28.3. The standard InChI is InChI=1S/C25H22ClF5N4O4/c1-24(2,3)39-23(38)34-11-17(21(36)33(4)16-9-8-14(27)19(26)20(16)28)35(22(34)37)18-10-13(25(29,30)31)12-6-5-7-15(12)32-18/h5,7-10,17H,6,11H2,1-4H3/t17-/m0/s1. The number of likely N-dealkylation sites (N-methyl/N-ethyl adjacent to an activating group) is 1. The van der Waals surface area contributed by atoms with Gasteiger partial charge in [0.2, 0.25) is 0 Å². The Morgan fingerprint density at radius 3 is 2.46 bits per heavy atom. The van der Waals surface area contributed by atoms with Crippen molar-refractivity contribution in [2.24, 2.45) is 0 Å². The highest BCUT2D eigenvalue weighted by Crippen LogP contribution is 2.39. The number of nitrogens with zero attached hydrogens (tertiary/aromatic N) is 4. The predicted octanol–water partition coefficient (Wildman–Crippen LogP) is 5.81. The lowest BCUT2D eigenvalue weighted by atomic mass is 10.1. The fourth-order valence-corrected chi connectivity index (χ4v) is 4.38. The van der Waals surface area contributed by atoms with E-state index >= 15 is 0 Å². The molecule has 0 radical (unpaired) electrons. The molecular weight excluding hydrogens is 551 g/mol. The fraction of sp³-hybridized carbons (Fsp3) is 0.360. The zero-order chi connectivity index (χ0) is 29.0. The van der Waals surface area contributed by atoms with Crippen LogP contribution in [0.25, 0.3) is 6.08 Å². The molecule has 2 aliphatic rings. The molecule has 1 atom stereocenters. The highest BCUT2D eigenvalue weighted by Gasteiger charge is 2.49. The van der Waals surface area contributed by atoms with Gasteiger partial charge in [-0.2, -0.15) is 13.2 Å². The third-order valence-electron chi connectivity index (χ3n) is 6.00. The van der Waals surface area contributed by atoms with Crippen LogP contribution < -0.4 is 9.80 Å². The number of rotatable bonds is 3. The molecule has 0 bridgehead atoms. The van der Waals surface area contributed by atoms with Gasteiger partial charge in [0.05, 0.1) is 23.5 Å². The number of urea groups is 1. The van der Waals surface area contributed by atoms with Crippen molar-refractivity contribution in [3.05, 3.63) is 57.8 Å². The van der Waals surface area contributed by atoms with Crippen LogP contribution in [0.3, 0.4) is 0 Å². The van der Waals surface area contributed by atoms with E-state index in [9.17, 15) is 36.3 Å². The Bertz CT molecular complexity index is 1410. The molecule has 0 unspecified atom stereocenters. The number of benzene rings is 1.